The Morgan fingerprint density at radius 1 is 1.21 bits per heavy atom. The van der Waals surface area contributed by atoms with Gasteiger partial charge in [0.05, 0.1) is 11.8 Å². The molecule has 1 fully saturated rings. The van der Waals surface area contributed by atoms with Crippen molar-refractivity contribution in [1.29, 1.82) is 0 Å². The van der Waals surface area contributed by atoms with E-state index in [0.717, 1.165) is 63.3 Å². The molecule has 0 aliphatic carbocycles. The minimum atomic E-state index is -0.418. The third-order valence-corrected chi connectivity index (χ3v) is 6.69. The summed E-state index contributed by atoms with van der Waals surface area (Å²) in [5.41, 5.74) is 2.61. The van der Waals surface area contributed by atoms with Crippen LogP contribution in [0.3, 0.4) is 0 Å². The third-order valence-electron chi connectivity index (χ3n) is 5.57. The van der Waals surface area contributed by atoms with Crippen LogP contribution in [0.5, 0.6) is 0 Å². The van der Waals surface area contributed by atoms with Gasteiger partial charge in [-0.2, -0.15) is 5.10 Å². The second-order valence-corrected chi connectivity index (χ2v) is 8.85. The van der Waals surface area contributed by atoms with Gasteiger partial charge in [-0.25, -0.2) is 9.97 Å². The van der Waals surface area contributed by atoms with E-state index in [9.17, 15) is 5.11 Å². The van der Waals surface area contributed by atoms with Crippen LogP contribution in [0.4, 0.5) is 0 Å². The van der Waals surface area contributed by atoms with E-state index in [4.69, 9.17) is 4.98 Å². The lowest BCUT2D eigenvalue weighted by atomic mass is 9.92. The van der Waals surface area contributed by atoms with Gasteiger partial charge in [0.15, 0.2) is 5.65 Å². The number of nitrogens with zero attached hydrogens (tertiary/aromatic N) is 5. The molecule has 144 valence electrons. The minimum Gasteiger partial charge on any atom is -0.387 e. The molecule has 4 aromatic heterocycles. The molecule has 4 aromatic rings. The van der Waals surface area contributed by atoms with Crippen LogP contribution in [0, 0.1) is 5.92 Å². The van der Waals surface area contributed by atoms with Crippen molar-refractivity contribution in [3.63, 3.8) is 0 Å². The van der Waals surface area contributed by atoms with E-state index >= 15 is 0 Å². The largest absolute Gasteiger partial charge is 0.387 e. The van der Waals surface area contributed by atoms with Crippen LogP contribution in [0.1, 0.15) is 23.8 Å². The number of fused-ring (bicyclic) bond motifs is 2. The summed E-state index contributed by atoms with van der Waals surface area (Å²) in [4.78, 5) is 13.6. The summed E-state index contributed by atoms with van der Waals surface area (Å²) >= 11 is 1.60. The molecule has 5 heterocycles. The van der Waals surface area contributed by atoms with E-state index in [-0.39, 0.29) is 0 Å². The van der Waals surface area contributed by atoms with Gasteiger partial charge in [-0.15, -0.1) is 11.3 Å². The number of hydrogen-bond donors (Lipinski definition) is 1. The Balaban J connectivity index is 1.47. The number of likely N-dealkylation sites (tertiary alicyclic amines) is 1. The Bertz CT molecular complexity index is 1150. The van der Waals surface area contributed by atoms with Gasteiger partial charge >= 0.3 is 0 Å². The Kier molecular flexibility index (Phi) is 4.38. The molecule has 7 heteroatoms. The molecule has 1 aliphatic heterocycles. The van der Waals surface area contributed by atoms with Crippen molar-refractivity contribution in [3.05, 3.63) is 41.5 Å². The minimum absolute atomic E-state index is 0.295. The fraction of sp³-hybridized carbons (Fsp3) is 0.381. The zero-order valence-corrected chi connectivity index (χ0v) is 16.9. The zero-order valence-electron chi connectivity index (χ0n) is 16.0. The first-order valence-corrected chi connectivity index (χ1v) is 10.5. The lowest BCUT2D eigenvalue weighted by Crippen LogP contribution is -2.34. The first-order chi connectivity index (χ1) is 13.6. The van der Waals surface area contributed by atoms with E-state index in [1.54, 1.807) is 16.0 Å². The highest BCUT2D eigenvalue weighted by atomic mass is 32.1. The second-order valence-electron chi connectivity index (χ2n) is 7.79. The molecule has 0 amide bonds. The monoisotopic (exact) mass is 393 g/mol. The number of aryl methyl sites for hydroxylation is 1. The molecule has 28 heavy (non-hydrogen) atoms. The molecule has 6 nitrogen and oxygen atoms in total. The Labute approximate surface area is 167 Å². The first-order valence-electron chi connectivity index (χ1n) is 9.64. The fourth-order valence-electron chi connectivity index (χ4n) is 4.11. The molecule has 5 rings (SSSR count). The van der Waals surface area contributed by atoms with Gasteiger partial charge < -0.3 is 10.0 Å². The van der Waals surface area contributed by atoms with Crippen molar-refractivity contribution in [2.24, 2.45) is 13.0 Å². The average molecular weight is 394 g/mol. The van der Waals surface area contributed by atoms with Crippen LogP contribution < -0.4 is 0 Å². The normalized spacial score (nSPS) is 19.5. The van der Waals surface area contributed by atoms with Gasteiger partial charge in [-0.05, 0) is 50.7 Å². The van der Waals surface area contributed by atoms with Crippen LogP contribution in [0.15, 0.2) is 36.7 Å². The lowest BCUT2D eigenvalue weighted by Gasteiger charge is -2.32. The van der Waals surface area contributed by atoms with Crippen molar-refractivity contribution in [2.75, 3.05) is 20.1 Å². The van der Waals surface area contributed by atoms with Gasteiger partial charge in [0.1, 0.15) is 4.83 Å². The van der Waals surface area contributed by atoms with Crippen LogP contribution in [-0.2, 0) is 7.05 Å². The molecular weight excluding hydrogens is 370 g/mol. The predicted molar refractivity (Wildman–Crippen MR) is 112 cm³/mol. The molecule has 1 saturated heterocycles. The molecule has 0 radical (unpaired) electrons. The van der Waals surface area contributed by atoms with Gasteiger partial charge in [0.25, 0.3) is 0 Å². The van der Waals surface area contributed by atoms with Crippen molar-refractivity contribution >= 4 is 32.6 Å². The number of aliphatic hydroxyl groups excluding tert-OH is 1. The molecule has 0 spiro atoms. The number of pyridine rings is 2. The highest BCUT2D eigenvalue weighted by molar-refractivity contribution is 7.18. The van der Waals surface area contributed by atoms with Gasteiger partial charge in [-0.1, -0.05) is 0 Å². The summed E-state index contributed by atoms with van der Waals surface area (Å²) in [6.07, 6.45) is 5.60. The van der Waals surface area contributed by atoms with E-state index in [0.29, 0.717) is 5.92 Å². The number of thiophene rings is 1. The lowest BCUT2D eigenvalue weighted by molar-refractivity contribution is 0.0617. The number of aliphatic hydroxyl groups is 1. The standard InChI is InChI=1S/C21H23N5OS/c1-25-7-3-4-14(11-25)19(27)18-9-13-5-6-17(23-21(13)28-18)15-8-16-12-26(2)24-20(16)22-10-15/h5-6,8-10,12,14,19,27H,3-4,7,11H2,1-2H3/t14-,19+/m1/s1. The molecule has 1 aliphatic rings. The molecule has 0 unspecified atom stereocenters. The van der Waals surface area contributed by atoms with Gasteiger partial charge in [0, 0.05) is 53.1 Å². The number of aromatic nitrogens is 4. The zero-order chi connectivity index (χ0) is 19.3. The Morgan fingerprint density at radius 3 is 2.96 bits per heavy atom. The maximum absolute atomic E-state index is 10.9. The van der Waals surface area contributed by atoms with E-state index in [1.807, 2.05) is 25.5 Å². The molecule has 0 bridgehead atoms. The molecule has 1 N–H and O–H groups in total. The summed E-state index contributed by atoms with van der Waals surface area (Å²) in [6, 6.07) is 8.28. The van der Waals surface area contributed by atoms with Crippen LogP contribution in [0.2, 0.25) is 0 Å². The SMILES string of the molecule is CN1CCC[C@@H]([C@H](O)c2cc3ccc(-c4cnc5nn(C)cc5c4)nc3s2)C1. The van der Waals surface area contributed by atoms with E-state index < -0.39 is 6.10 Å². The predicted octanol–water partition coefficient (Wildman–Crippen LogP) is 3.62. The maximum Gasteiger partial charge on any atom is 0.181 e. The number of piperidine rings is 1. The number of rotatable bonds is 3. The molecule has 0 saturated carbocycles. The topological polar surface area (TPSA) is 67.1 Å². The second kappa shape index (κ2) is 6.92. The van der Waals surface area contributed by atoms with Crippen molar-refractivity contribution in [1.82, 2.24) is 24.6 Å². The van der Waals surface area contributed by atoms with Crippen molar-refractivity contribution in [3.8, 4) is 11.3 Å². The average Bonchev–Trinajstić information content (AvgIpc) is 3.28. The molecule has 0 aromatic carbocycles. The Morgan fingerprint density at radius 2 is 2.11 bits per heavy atom. The van der Waals surface area contributed by atoms with E-state index in [2.05, 4.69) is 40.2 Å². The molecular formula is C21H23N5OS. The summed E-state index contributed by atoms with van der Waals surface area (Å²) < 4.78 is 1.77. The fourth-order valence-corrected chi connectivity index (χ4v) is 5.22. The summed E-state index contributed by atoms with van der Waals surface area (Å²) in [5, 5.41) is 17.3. The summed E-state index contributed by atoms with van der Waals surface area (Å²) in [6.45, 7) is 2.07. The highest BCUT2D eigenvalue weighted by Crippen LogP contribution is 2.36. The van der Waals surface area contributed by atoms with E-state index in [1.165, 1.54) is 0 Å². The Hall–Kier alpha value is -2.35. The van der Waals surface area contributed by atoms with Crippen LogP contribution >= 0.6 is 11.3 Å². The van der Waals surface area contributed by atoms with Gasteiger partial charge in [0.2, 0.25) is 0 Å². The van der Waals surface area contributed by atoms with Crippen LogP contribution in [-0.4, -0.2) is 49.9 Å². The molecule has 2 atom stereocenters. The van der Waals surface area contributed by atoms with Gasteiger partial charge in [-0.3, -0.25) is 4.68 Å². The number of hydrogen-bond acceptors (Lipinski definition) is 6. The maximum atomic E-state index is 10.9. The first kappa shape index (κ1) is 17.7. The highest BCUT2D eigenvalue weighted by Gasteiger charge is 2.27. The summed E-state index contributed by atoms with van der Waals surface area (Å²) in [5.74, 6) is 0.295. The summed E-state index contributed by atoms with van der Waals surface area (Å²) in [7, 11) is 4.03. The smallest absolute Gasteiger partial charge is 0.181 e. The van der Waals surface area contributed by atoms with Crippen molar-refractivity contribution in [2.45, 2.75) is 18.9 Å². The van der Waals surface area contributed by atoms with Crippen molar-refractivity contribution < 1.29 is 5.11 Å². The quantitative estimate of drug-likeness (QED) is 0.576. The van der Waals surface area contributed by atoms with Crippen LogP contribution in [0.25, 0.3) is 32.5 Å². The third kappa shape index (κ3) is 3.19.